The molecule has 3 N–H and O–H groups in total. The molecule has 1 aromatic heterocycles. The van der Waals surface area contributed by atoms with Crippen molar-refractivity contribution in [3.63, 3.8) is 0 Å². The normalized spacial score (nSPS) is 26.5. The van der Waals surface area contributed by atoms with Crippen LogP contribution in [0.2, 0.25) is 5.02 Å². The summed E-state index contributed by atoms with van der Waals surface area (Å²) in [6, 6.07) is 5.42. The second kappa shape index (κ2) is 8.14. The maximum atomic E-state index is 12.4. The Labute approximate surface area is 163 Å². The monoisotopic (exact) mass is 392 g/mol. The fraction of sp³-hybridized carbons (Fsp3) is 0.579. The topological polar surface area (TPSA) is 90.5 Å². The van der Waals surface area contributed by atoms with E-state index in [0.717, 1.165) is 42.8 Å². The zero-order valence-corrected chi connectivity index (χ0v) is 15.9. The van der Waals surface area contributed by atoms with Gasteiger partial charge in [-0.15, -0.1) is 0 Å². The van der Waals surface area contributed by atoms with Gasteiger partial charge in [-0.2, -0.15) is 0 Å². The fourth-order valence-corrected chi connectivity index (χ4v) is 4.26. The van der Waals surface area contributed by atoms with E-state index in [1.54, 1.807) is 6.07 Å². The number of aromatic amines is 1. The van der Waals surface area contributed by atoms with E-state index in [0.29, 0.717) is 31.1 Å². The van der Waals surface area contributed by atoms with E-state index in [1.807, 2.05) is 12.1 Å². The Morgan fingerprint density at radius 3 is 3.00 bits per heavy atom. The number of ether oxygens (including phenoxy) is 1. The second-order valence-electron chi connectivity index (χ2n) is 7.30. The highest BCUT2D eigenvalue weighted by Crippen LogP contribution is 2.26. The molecule has 1 aliphatic heterocycles. The number of aryl methyl sites for hydroxylation is 1. The first-order valence-electron chi connectivity index (χ1n) is 9.53. The molecular weight excluding hydrogens is 368 g/mol. The number of benzene rings is 1. The van der Waals surface area contributed by atoms with Gasteiger partial charge in [0.15, 0.2) is 0 Å². The molecule has 7 nitrogen and oxygen atoms in total. The van der Waals surface area contributed by atoms with Crippen LogP contribution in [0.15, 0.2) is 18.2 Å². The highest BCUT2D eigenvalue weighted by atomic mass is 35.5. The van der Waals surface area contributed by atoms with Crippen molar-refractivity contribution < 1.29 is 14.6 Å². The number of nitrogens with zero attached hydrogens (tertiary/aromatic N) is 2. The van der Waals surface area contributed by atoms with Crippen molar-refractivity contribution in [2.24, 2.45) is 0 Å². The lowest BCUT2D eigenvalue weighted by molar-refractivity contribution is -0.122. The van der Waals surface area contributed by atoms with Gasteiger partial charge in [-0.25, -0.2) is 4.98 Å². The number of amides is 1. The number of hydrogen-bond donors (Lipinski definition) is 3. The molecule has 0 spiro atoms. The zero-order chi connectivity index (χ0) is 18.8. The Morgan fingerprint density at radius 2 is 2.19 bits per heavy atom. The van der Waals surface area contributed by atoms with E-state index in [1.165, 1.54) is 0 Å². The smallest absolute Gasteiger partial charge is 0.220 e. The molecule has 0 bridgehead atoms. The minimum absolute atomic E-state index is 0.0554. The Hall–Kier alpha value is -1.67. The molecule has 3 atom stereocenters. The Kier molecular flexibility index (Phi) is 5.63. The van der Waals surface area contributed by atoms with Gasteiger partial charge in [-0.1, -0.05) is 11.6 Å². The zero-order valence-electron chi connectivity index (χ0n) is 15.2. The molecule has 27 heavy (non-hydrogen) atoms. The lowest BCUT2D eigenvalue weighted by Crippen LogP contribution is -2.51. The predicted molar refractivity (Wildman–Crippen MR) is 103 cm³/mol. The molecule has 2 aromatic rings. The van der Waals surface area contributed by atoms with E-state index in [-0.39, 0.29) is 18.0 Å². The first-order chi connectivity index (χ1) is 13.1. The van der Waals surface area contributed by atoms with E-state index in [9.17, 15) is 9.90 Å². The summed E-state index contributed by atoms with van der Waals surface area (Å²) in [4.78, 5) is 22.3. The first-order valence-corrected chi connectivity index (χ1v) is 9.91. The number of H-pyrrole nitrogens is 1. The number of hydrogen-bond acceptors (Lipinski definition) is 5. The summed E-state index contributed by atoms with van der Waals surface area (Å²) in [6.45, 7) is 3.11. The highest BCUT2D eigenvalue weighted by Gasteiger charge is 2.39. The van der Waals surface area contributed by atoms with Gasteiger partial charge in [-0.3, -0.25) is 9.69 Å². The maximum absolute atomic E-state index is 12.4. The average Bonchev–Trinajstić information content (AvgIpc) is 3.24. The minimum Gasteiger partial charge on any atom is -0.389 e. The SMILES string of the molecule is O=C(CCc1nc2ccc(Cl)cc2[nH]1)N[C@@H]1CC[C@@H](N2CCOCC2)[C@@H]1O. The van der Waals surface area contributed by atoms with Crippen molar-refractivity contribution in [3.05, 3.63) is 29.0 Å². The molecule has 1 saturated carbocycles. The molecule has 2 aliphatic rings. The van der Waals surface area contributed by atoms with E-state index >= 15 is 0 Å². The van der Waals surface area contributed by atoms with Crippen LogP contribution < -0.4 is 5.32 Å². The van der Waals surface area contributed by atoms with Crippen molar-refractivity contribution in [1.29, 1.82) is 0 Å². The molecule has 2 fully saturated rings. The van der Waals surface area contributed by atoms with Crippen LogP contribution in [-0.4, -0.2) is 70.4 Å². The third-order valence-electron chi connectivity index (χ3n) is 5.52. The number of halogens is 1. The first kappa shape index (κ1) is 18.7. The van der Waals surface area contributed by atoms with Crippen LogP contribution in [0.1, 0.15) is 25.1 Å². The van der Waals surface area contributed by atoms with Gasteiger partial charge >= 0.3 is 0 Å². The number of nitrogens with one attached hydrogen (secondary N) is 2. The maximum Gasteiger partial charge on any atom is 0.220 e. The van der Waals surface area contributed by atoms with Crippen molar-refractivity contribution >= 4 is 28.5 Å². The predicted octanol–water partition coefficient (Wildman–Crippen LogP) is 1.49. The van der Waals surface area contributed by atoms with Crippen LogP contribution in [0.5, 0.6) is 0 Å². The molecule has 8 heteroatoms. The summed E-state index contributed by atoms with van der Waals surface area (Å²) in [7, 11) is 0. The number of rotatable bonds is 5. The summed E-state index contributed by atoms with van der Waals surface area (Å²) in [5.41, 5.74) is 1.71. The van der Waals surface area contributed by atoms with Crippen LogP contribution in [0, 0.1) is 0 Å². The summed E-state index contributed by atoms with van der Waals surface area (Å²) in [5, 5.41) is 14.3. The lowest BCUT2D eigenvalue weighted by atomic mass is 10.1. The minimum atomic E-state index is -0.527. The van der Waals surface area contributed by atoms with Crippen molar-refractivity contribution in [1.82, 2.24) is 20.2 Å². The number of imidazole rings is 1. The van der Waals surface area contributed by atoms with Gasteiger partial charge in [0, 0.05) is 37.0 Å². The van der Waals surface area contributed by atoms with Gasteiger partial charge in [-0.05, 0) is 31.0 Å². The van der Waals surface area contributed by atoms with Crippen molar-refractivity contribution in [3.8, 4) is 0 Å². The van der Waals surface area contributed by atoms with Crippen LogP contribution in [0.3, 0.4) is 0 Å². The molecule has 0 unspecified atom stereocenters. The molecule has 4 rings (SSSR count). The summed E-state index contributed by atoms with van der Waals surface area (Å²) in [5.74, 6) is 0.709. The lowest BCUT2D eigenvalue weighted by Gasteiger charge is -2.34. The largest absolute Gasteiger partial charge is 0.389 e. The van der Waals surface area contributed by atoms with Crippen LogP contribution in [0.4, 0.5) is 0 Å². The molecule has 1 amide bonds. The number of aromatic nitrogens is 2. The number of aliphatic hydroxyl groups is 1. The van der Waals surface area contributed by atoms with Gasteiger partial charge in [0.1, 0.15) is 5.82 Å². The van der Waals surface area contributed by atoms with Crippen molar-refractivity contribution in [2.45, 2.75) is 43.9 Å². The third-order valence-corrected chi connectivity index (χ3v) is 5.76. The Morgan fingerprint density at radius 1 is 1.37 bits per heavy atom. The van der Waals surface area contributed by atoms with E-state index in [2.05, 4.69) is 20.2 Å². The molecule has 1 saturated heterocycles. The van der Waals surface area contributed by atoms with Crippen LogP contribution in [-0.2, 0) is 16.0 Å². The standard InChI is InChI=1S/C19H25ClN4O3/c20-12-1-2-13-15(11-12)22-17(21-13)5-6-18(25)23-14-3-4-16(19(14)26)24-7-9-27-10-8-24/h1-2,11,14,16,19,26H,3-10H2,(H,21,22)(H,23,25)/t14-,16-,19-/m1/s1. The van der Waals surface area contributed by atoms with Gasteiger partial charge in [0.25, 0.3) is 0 Å². The van der Waals surface area contributed by atoms with Crippen LogP contribution >= 0.6 is 11.6 Å². The van der Waals surface area contributed by atoms with Gasteiger partial charge in [0.2, 0.25) is 5.91 Å². The summed E-state index contributed by atoms with van der Waals surface area (Å²) >= 11 is 5.99. The molecule has 2 heterocycles. The number of aliphatic hydroxyl groups excluding tert-OH is 1. The molecule has 1 aromatic carbocycles. The van der Waals surface area contributed by atoms with Gasteiger partial charge < -0.3 is 20.1 Å². The molecule has 0 radical (unpaired) electrons. The van der Waals surface area contributed by atoms with Crippen LogP contribution in [0.25, 0.3) is 11.0 Å². The van der Waals surface area contributed by atoms with E-state index in [4.69, 9.17) is 16.3 Å². The van der Waals surface area contributed by atoms with E-state index < -0.39 is 6.10 Å². The van der Waals surface area contributed by atoms with Crippen molar-refractivity contribution in [2.75, 3.05) is 26.3 Å². The van der Waals surface area contributed by atoms with Gasteiger partial charge in [0.05, 0.1) is 36.4 Å². The third kappa shape index (κ3) is 4.27. The number of carbonyl (C=O) groups is 1. The summed E-state index contributed by atoms with van der Waals surface area (Å²) in [6.07, 6.45) is 2.03. The number of carbonyl (C=O) groups excluding carboxylic acids is 1. The Bertz CT molecular complexity index is 805. The Balaban J connectivity index is 1.28. The number of morpholine rings is 1. The molecular formula is C19H25ClN4O3. The highest BCUT2D eigenvalue weighted by molar-refractivity contribution is 6.31. The average molecular weight is 393 g/mol. The fourth-order valence-electron chi connectivity index (χ4n) is 4.09. The quantitative estimate of drug-likeness (QED) is 0.717. The molecule has 1 aliphatic carbocycles. The second-order valence-corrected chi connectivity index (χ2v) is 7.74. The molecule has 146 valence electrons. The number of fused-ring (bicyclic) bond motifs is 1. The summed E-state index contributed by atoms with van der Waals surface area (Å²) < 4.78 is 5.38.